The molecule has 0 bridgehead atoms. The molecule has 2 amide bonds. The normalized spacial score (nSPS) is 9.94. The zero-order valence-electron chi connectivity index (χ0n) is 9.31. The van der Waals surface area contributed by atoms with Gasteiger partial charge in [-0.3, -0.25) is 19.3 Å². The van der Waals surface area contributed by atoms with E-state index in [1.807, 2.05) is 0 Å². The van der Waals surface area contributed by atoms with Crippen molar-refractivity contribution in [1.82, 2.24) is 4.90 Å². The Kier molecular flexibility index (Phi) is 4.09. The number of carbonyl (C=O) groups is 3. The van der Waals surface area contributed by atoms with Crippen molar-refractivity contribution in [1.29, 1.82) is 0 Å². The highest BCUT2D eigenvalue weighted by molar-refractivity contribution is 6.05. The highest BCUT2D eigenvalue weighted by atomic mass is 19.2. The zero-order valence-corrected chi connectivity index (χ0v) is 9.31. The number of carbonyl (C=O) groups excluding carboxylic acids is 2. The lowest BCUT2D eigenvalue weighted by atomic mass is 10.2. The molecule has 96 valence electrons. The fraction of sp³-hybridized carbons (Fsp3) is 0.182. The highest BCUT2D eigenvalue weighted by Gasteiger charge is 2.23. The summed E-state index contributed by atoms with van der Waals surface area (Å²) in [6.45, 7) is 0.161. The third-order valence-corrected chi connectivity index (χ3v) is 2.09. The standard InChI is InChI=1S/C11H9F2NO4/c1-6(15)14(5-10(16)17)11(18)7-2-3-8(12)9(13)4-7/h2-4H,5H2,1H3,(H,16,17). The van der Waals surface area contributed by atoms with Crippen LogP contribution in [0.15, 0.2) is 18.2 Å². The van der Waals surface area contributed by atoms with Crippen molar-refractivity contribution in [2.24, 2.45) is 0 Å². The molecular formula is C11H9F2NO4. The Balaban J connectivity index is 3.05. The van der Waals surface area contributed by atoms with E-state index in [4.69, 9.17) is 5.11 Å². The van der Waals surface area contributed by atoms with E-state index in [0.717, 1.165) is 19.1 Å². The molecule has 0 saturated carbocycles. The largest absolute Gasteiger partial charge is 0.480 e. The monoisotopic (exact) mass is 257 g/mol. The fourth-order valence-electron chi connectivity index (χ4n) is 1.25. The number of aliphatic carboxylic acids is 1. The number of halogens is 2. The average Bonchev–Trinajstić information content (AvgIpc) is 2.28. The Morgan fingerprint density at radius 1 is 1.22 bits per heavy atom. The molecule has 0 spiro atoms. The second-order valence-electron chi connectivity index (χ2n) is 3.43. The van der Waals surface area contributed by atoms with E-state index in [0.29, 0.717) is 11.0 Å². The lowest BCUT2D eigenvalue weighted by Gasteiger charge is -2.16. The van der Waals surface area contributed by atoms with E-state index in [2.05, 4.69) is 0 Å². The number of benzene rings is 1. The SMILES string of the molecule is CC(=O)N(CC(=O)O)C(=O)c1ccc(F)c(F)c1. The maximum atomic E-state index is 12.9. The smallest absolute Gasteiger partial charge is 0.323 e. The molecular weight excluding hydrogens is 248 g/mol. The minimum atomic E-state index is -1.39. The van der Waals surface area contributed by atoms with Crippen LogP contribution in [0.4, 0.5) is 8.78 Å². The van der Waals surface area contributed by atoms with E-state index >= 15 is 0 Å². The van der Waals surface area contributed by atoms with Crippen molar-refractivity contribution in [2.45, 2.75) is 6.92 Å². The van der Waals surface area contributed by atoms with Crippen LogP contribution >= 0.6 is 0 Å². The Morgan fingerprint density at radius 3 is 2.28 bits per heavy atom. The topological polar surface area (TPSA) is 74.7 Å². The minimum absolute atomic E-state index is 0.301. The summed E-state index contributed by atoms with van der Waals surface area (Å²) >= 11 is 0. The molecule has 0 unspecified atom stereocenters. The lowest BCUT2D eigenvalue weighted by molar-refractivity contribution is -0.142. The molecule has 0 aliphatic carbocycles. The number of amides is 2. The first-order valence-electron chi connectivity index (χ1n) is 4.82. The van der Waals surface area contributed by atoms with Crippen LogP contribution in [0, 0.1) is 11.6 Å². The molecule has 0 saturated heterocycles. The van der Waals surface area contributed by atoms with Crippen molar-refractivity contribution < 1.29 is 28.3 Å². The molecule has 7 heteroatoms. The molecule has 0 atom stereocenters. The summed E-state index contributed by atoms with van der Waals surface area (Å²) in [7, 11) is 0. The molecule has 1 rings (SSSR count). The predicted molar refractivity (Wildman–Crippen MR) is 55.7 cm³/mol. The molecule has 0 heterocycles. The highest BCUT2D eigenvalue weighted by Crippen LogP contribution is 2.11. The van der Waals surface area contributed by atoms with E-state index in [1.165, 1.54) is 0 Å². The maximum absolute atomic E-state index is 12.9. The number of rotatable bonds is 3. The number of imide groups is 1. The van der Waals surface area contributed by atoms with Gasteiger partial charge in [-0.2, -0.15) is 0 Å². The summed E-state index contributed by atoms with van der Waals surface area (Å²) in [5.74, 6) is -5.57. The van der Waals surface area contributed by atoms with Crippen LogP contribution in [0.25, 0.3) is 0 Å². The van der Waals surface area contributed by atoms with Crippen molar-refractivity contribution >= 4 is 17.8 Å². The molecule has 0 aliphatic heterocycles. The summed E-state index contributed by atoms with van der Waals surface area (Å²) in [4.78, 5) is 33.8. The third kappa shape index (κ3) is 3.09. The van der Waals surface area contributed by atoms with Gasteiger partial charge in [-0.05, 0) is 18.2 Å². The first-order chi connectivity index (χ1) is 8.32. The number of carboxylic acids is 1. The Labute approximate surface area is 101 Å². The first kappa shape index (κ1) is 13.8. The van der Waals surface area contributed by atoms with Gasteiger partial charge in [0.05, 0.1) is 0 Å². The summed E-state index contributed by atoms with van der Waals surface area (Å²) in [6.07, 6.45) is 0. The number of hydrogen-bond acceptors (Lipinski definition) is 3. The number of carboxylic acid groups (broad SMARTS) is 1. The Hall–Kier alpha value is -2.31. The quantitative estimate of drug-likeness (QED) is 0.877. The Bertz CT molecular complexity index is 516. The predicted octanol–water partition coefficient (Wildman–Crippen LogP) is 1.04. The third-order valence-electron chi connectivity index (χ3n) is 2.09. The molecule has 0 fully saturated rings. The van der Waals surface area contributed by atoms with Gasteiger partial charge in [-0.1, -0.05) is 0 Å². The van der Waals surface area contributed by atoms with Gasteiger partial charge in [0.2, 0.25) is 5.91 Å². The van der Waals surface area contributed by atoms with Crippen LogP contribution < -0.4 is 0 Å². The van der Waals surface area contributed by atoms with Crippen LogP contribution in [0.5, 0.6) is 0 Å². The van der Waals surface area contributed by atoms with Crippen LogP contribution in [-0.4, -0.2) is 34.3 Å². The van der Waals surface area contributed by atoms with Gasteiger partial charge in [0.25, 0.3) is 5.91 Å². The molecule has 0 aromatic heterocycles. The maximum Gasteiger partial charge on any atom is 0.323 e. The van der Waals surface area contributed by atoms with Gasteiger partial charge in [0, 0.05) is 12.5 Å². The molecule has 1 aromatic carbocycles. The fourth-order valence-corrected chi connectivity index (χ4v) is 1.25. The summed E-state index contributed by atoms with van der Waals surface area (Å²) in [5, 5.41) is 8.55. The van der Waals surface area contributed by atoms with Crippen LogP contribution in [0.3, 0.4) is 0 Å². The van der Waals surface area contributed by atoms with Crippen molar-refractivity contribution in [3.05, 3.63) is 35.4 Å². The van der Waals surface area contributed by atoms with Gasteiger partial charge in [0.1, 0.15) is 6.54 Å². The van der Waals surface area contributed by atoms with E-state index < -0.39 is 36.0 Å². The minimum Gasteiger partial charge on any atom is -0.480 e. The summed E-state index contributed by atoms with van der Waals surface area (Å²) in [5.41, 5.74) is -0.301. The second-order valence-corrected chi connectivity index (χ2v) is 3.43. The molecule has 1 N–H and O–H groups in total. The molecule has 1 aromatic rings. The van der Waals surface area contributed by atoms with Gasteiger partial charge in [-0.25, -0.2) is 8.78 Å². The lowest BCUT2D eigenvalue weighted by Crippen LogP contribution is -2.39. The van der Waals surface area contributed by atoms with Crippen molar-refractivity contribution in [3.8, 4) is 0 Å². The van der Waals surface area contributed by atoms with E-state index in [1.54, 1.807) is 0 Å². The van der Waals surface area contributed by atoms with Crippen LogP contribution in [0.2, 0.25) is 0 Å². The van der Waals surface area contributed by atoms with Gasteiger partial charge >= 0.3 is 5.97 Å². The van der Waals surface area contributed by atoms with Crippen molar-refractivity contribution in [3.63, 3.8) is 0 Å². The van der Waals surface area contributed by atoms with E-state index in [-0.39, 0.29) is 5.56 Å². The Morgan fingerprint density at radius 2 is 1.83 bits per heavy atom. The molecule has 5 nitrogen and oxygen atoms in total. The van der Waals surface area contributed by atoms with Crippen molar-refractivity contribution in [2.75, 3.05) is 6.54 Å². The van der Waals surface area contributed by atoms with Gasteiger partial charge in [0.15, 0.2) is 11.6 Å². The summed E-state index contributed by atoms with van der Waals surface area (Å²) < 4.78 is 25.6. The average molecular weight is 257 g/mol. The van der Waals surface area contributed by atoms with Gasteiger partial charge in [-0.15, -0.1) is 0 Å². The number of nitrogens with zero attached hydrogens (tertiary/aromatic N) is 1. The van der Waals surface area contributed by atoms with Crippen LogP contribution in [-0.2, 0) is 9.59 Å². The van der Waals surface area contributed by atoms with Gasteiger partial charge < -0.3 is 5.11 Å². The molecule has 0 radical (unpaired) electrons. The first-order valence-corrected chi connectivity index (χ1v) is 4.82. The van der Waals surface area contributed by atoms with Crippen LogP contribution in [0.1, 0.15) is 17.3 Å². The van der Waals surface area contributed by atoms with E-state index in [9.17, 15) is 23.2 Å². The number of hydrogen-bond donors (Lipinski definition) is 1. The molecule has 0 aliphatic rings. The second kappa shape index (κ2) is 5.35. The zero-order chi connectivity index (χ0) is 13.9. The molecule has 18 heavy (non-hydrogen) atoms. The summed E-state index contributed by atoms with van der Waals surface area (Å²) in [6, 6.07) is 2.30.